The summed E-state index contributed by atoms with van der Waals surface area (Å²) in [6.45, 7) is 0.530. The van der Waals surface area contributed by atoms with Gasteiger partial charge in [0.25, 0.3) is 6.47 Å². The average molecular weight is 302 g/mol. The van der Waals surface area contributed by atoms with Crippen LogP contribution in [0.4, 0.5) is 0 Å². The van der Waals surface area contributed by atoms with Gasteiger partial charge in [-0.1, -0.05) is 12.1 Å². The first-order valence-corrected chi connectivity index (χ1v) is 6.47. The molecule has 0 bridgehead atoms. The van der Waals surface area contributed by atoms with Gasteiger partial charge in [0.05, 0.1) is 11.1 Å². The molecule has 0 unspecified atom stereocenters. The second-order valence-electron chi connectivity index (χ2n) is 4.34. The highest BCUT2D eigenvalue weighted by Crippen LogP contribution is 2.28. The fourth-order valence-electron chi connectivity index (χ4n) is 1.86. The van der Waals surface area contributed by atoms with Gasteiger partial charge in [0.15, 0.2) is 5.78 Å². The van der Waals surface area contributed by atoms with E-state index in [1.54, 1.807) is 12.1 Å². The highest BCUT2D eigenvalue weighted by Gasteiger charge is 2.17. The number of phenolic OH excluding ortho intramolecular Hbond substituents is 2. The van der Waals surface area contributed by atoms with E-state index < -0.39 is 5.78 Å². The lowest BCUT2D eigenvalue weighted by atomic mass is 10.0. The second kappa shape index (κ2) is 7.12. The molecule has 2 aromatic rings. The smallest absolute Gasteiger partial charge is 0.293 e. The van der Waals surface area contributed by atoms with Crippen molar-refractivity contribution in [1.82, 2.24) is 0 Å². The van der Waals surface area contributed by atoms with Crippen LogP contribution in [0.15, 0.2) is 42.5 Å². The standard InChI is InChI=1S/C16H14O6/c17-10-21-7-8-22-11-5-6-13(15(19)9-11)16(20)12-3-1-2-4-14(12)18/h1-6,9-10,18-19H,7-8H2. The lowest BCUT2D eigenvalue weighted by Gasteiger charge is -2.09. The van der Waals surface area contributed by atoms with Crippen molar-refractivity contribution in [3.8, 4) is 17.2 Å². The molecule has 0 radical (unpaired) electrons. The highest BCUT2D eigenvalue weighted by molar-refractivity contribution is 6.12. The summed E-state index contributed by atoms with van der Waals surface area (Å²) in [6, 6.07) is 10.3. The number of benzene rings is 2. The normalized spacial score (nSPS) is 10.0. The molecule has 0 heterocycles. The molecule has 114 valence electrons. The summed E-state index contributed by atoms with van der Waals surface area (Å²) in [5.41, 5.74) is 0.156. The zero-order valence-electron chi connectivity index (χ0n) is 11.6. The van der Waals surface area contributed by atoms with Gasteiger partial charge < -0.3 is 19.7 Å². The fourth-order valence-corrected chi connectivity index (χ4v) is 1.86. The Labute approximate surface area is 126 Å². The van der Waals surface area contributed by atoms with Gasteiger partial charge in [0, 0.05) is 6.07 Å². The van der Waals surface area contributed by atoms with Crippen molar-refractivity contribution in [3.05, 3.63) is 53.6 Å². The molecule has 6 nitrogen and oxygen atoms in total. The molecule has 0 aliphatic carbocycles. The zero-order chi connectivity index (χ0) is 15.9. The molecule has 0 atom stereocenters. The molecule has 6 heteroatoms. The van der Waals surface area contributed by atoms with Gasteiger partial charge in [0.2, 0.25) is 0 Å². The van der Waals surface area contributed by atoms with Gasteiger partial charge in [-0.2, -0.15) is 0 Å². The van der Waals surface area contributed by atoms with Crippen LogP contribution in [0.5, 0.6) is 17.2 Å². The van der Waals surface area contributed by atoms with E-state index in [0.717, 1.165) is 0 Å². The van der Waals surface area contributed by atoms with E-state index in [1.165, 1.54) is 30.3 Å². The molecule has 0 fully saturated rings. The predicted molar refractivity (Wildman–Crippen MR) is 77.2 cm³/mol. The number of ketones is 1. The quantitative estimate of drug-likeness (QED) is 0.461. The summed E-state index contributed by atoms with van der Waals surface area (Å²) < 4.78 is 9.72. The van der Waals surface area contributed by atoms with Crippen LogP contribution in [0, 0.1) is 0 Å². The average Bonchev–Trinajstić information content (AvgIpc) is 2.51. The lowest BCUT2D eigenvalue weighted by Crippen LogP contribution is -2.06. The van der Waals surface area contributed by atoms with Crippen LogP contribution in [0.2, 0.25) is 0 Å². The van der Waals surface area contributed by atoms with Crippen LogP contribution in [0.25, 0.3) is 0 Å². The number of carbonyl (C=O) groups is 2. The minimum Gasteiger partial charge on any atom is -0.507 e. The molecule has 0 saturated heterocycles. The van der Waals surface area contributed by atoms with Crippen LogP contribution in [0.3, 0.4) is 0 Å². The van der Waals surface area contributed by atoms with Crippen LogP contribution in [-0.2, 0) is 9.53 Å². The molecule has 2 rings (SSSR count). The molecule has 0 spiro atoms. The third-order valence-corrected chi connectivity index (χ3v) is 2.90. The lowest BCUT2D eigenvalue weighted by molar-refractivity contribution is -0.129. The molecular formula is C16H14O6. The van der Waals surface area contributed by atoms with Crippen LogP contribution in [0.1, 0.15) is 15.9 Å². The van der Waals surface area contributed by atoms with Gasteiger partial charge in [-0.3, -0.25) is 9.59 Å². The molecule has 0 saturated carbocycles. The van der Waals surface area contributed by atoms with E-state index in [0.29, 0.717) is 12.2 Å². The Morgan fingerprint density at radius 3 is 2.41 bits per heavy atom. The molecule has 22 heavy (non-hydrogen) atoms. The summed E-state index contributed by atoms with van der Waals surface area (Å²) >= 11 is 0. The molecular weight excluding hydrogens is 288 g/mol. The van der Waals surface area contributed by atoms with Gasteiger partial charge in [0.1, 0.15) is 30.5 Å². The van der Waals surface area contributed by atoms with E-state index >= 15 is 0 Å². The fraction of sp³-hybridized carbons (Fsp3) is 0.125. The Morgan fingerprint density at radius 2 is 1.73 bits per heavy atom. The number of ether oxygens (including phenoxy) is 2. The zero-order valence-corrected chi connectivity index (χ0v) is 11.6. The number of phenols is 2. The number of para-hydroxylation sites is 1. The number of hydrogen-bond acceptors (Lipinski definition) is 6. The monoisotopic (exact) mass is 302 g/mol. The maximum Gasteiger partial charge on any atom is 0.293 e. The summed E-state index contributed by atoms with van der Waals surface area (Å²) in [7, 11) is 0. The summed E-state index contributed by atoms with van der Waals surface area (Å²) in [6.07, 6.45) is 0. The number of aromatic hydroxyl groups is 2. The van der Waals surface area contributed by atoms with Crippen molar-refractivity contribution in [2.24, 2.45) is 0 Å². The van der Waals surface area contributed by atoms with E-state index in [-0.39, 0.29) is 35.8 Å². The van der Waals surface area contributed by atoms with E-state index in [4.69, 9.17) is 4.74 Å². The van der Waals surface area contributed by atoms with Gasteiger partial charge >= 0.3 is 0 Å². The van der Waals surface area contributed by atoms with E-state index in [2.05, 4.69) is 4.74 Å². The first kappa shape index (κ1) is 15.4. The van der Waals surface area contributed by atoms with Crippen molar-refractivity contribution in [2.45, 2.75) is 0 Å². The van der Waals surface area contributed by atoms with Crippen molar-refractivity contribution < 1.29 is 29.3 Å². The second-order valence-corrected chi connectivity index (χ2v) is 4.34. The van der Waals surface area contributed by atoms with E-state index in [1.807, 2.05) is 0 Å². The Hall–Kier alpha value is -3.02. The van der Waals surface area contributed by atoms with Crippen molar-refractivity contribution in [1.29, 1.82) is 0 Å². The van der Waals surface area contributed by atoms with Crippen molar-refractivity contribution in [3.63, 3.8) is 0 Å². The summed E-state index contributed by atoms with van der Waals surface area (Å²) in [5.74, 6) is -0.576. The molecule has 2 aromatic carbocycles. The van der Waals surface area contributed by atoms with Crippen molar-refractivity contribution >= 4 is 12.3 Å². The third kappa shape index (κ3) is 3.54. The van der Waals surface area contributed by atoms with Crippen LogP contribution >= 0.6 is 0 Å². The minimum absolute atomic E-state index is 0.0537. The van der Waals surface area contributed by atoms with Crippen LogP contribution < -0.4 is 4.74 Å². The SMILES string of the molecule is O=COCCOc1ccc(C(=O)c2ccccc2O)c(O)c1. The Morgan fingerprint density at radius 1 is 1.00 bits per heavy atom. The molecule has 2 N–H and O–H groups in total. The third-order valence-electron chi connectivity index (χ3n) is 2.90. The Balaban J connectivity index is 2.14. The number of hydrogen-bond donors (Lipinski definition) is 2. The first-order valence-electron chi connectivity index (χ1n) is 6.47. The molecule has 0 aromatic heterocycles. The Kier molecular flexibility index (Phi) is 4.98. The largest absolute Gasteiger partial charge is 0.507 e. The van der Waals surface area contributed by atoms with Crippen molar-refractivity contribution in [2.75, 3.05) is 13.2 Å². The molecule has 0 aliphatic heterocycles. The first-order chi connectivity index (χ1) is 10.6. The predicted octanol–water partition coefficient (Wildman–Crippen LogP) is 1.88. The maximum absolute atomic E-state index is 12.3. The van der Waals surface area contributed by atoms with E-state index in [9.17, 15) is 19.8 Å². The van der Waals surface area contributed by atoms with Gasteiger partial charge in [-0.25, -0.2) is 0 Å². The maximum atomic E-state index is 12.3. The summed E-state index contributed by atoms with van der Waals surface area (Å²) in [4.78, 5) is 22.3. The molecule has 0 aliphatic rings. The summed E-state index contributed by atoms with van der Waals surface area (Å²) in [5, 5.41) is 19.6. The highest BCUT2D eigenvalue weighted by atomic mass is 16.5. The Bertz CT molecular complexity index is 680. The number of rotatable bonds is 7. The topological polar surface area (TPSA) is 93.1 Å². The number of carbonyl (C=O) groups excluding carboxylic acids is 2. The van der Waals surface area contributed by atoms with Gasteiger partial charge in [-0.15, -0.1) is 0 Å². The van der Waals surface area contributed by atoms with Crippen LogP contribution in [-0.4, -0.2) is 35.7 Å². The minimum atomic E-state index is -0.494. The van der Waals surface area contributed by atoms with Gasteiger partial charge in [-0.05, 0) is 24.3 Å². The molecule has 0 amide bonds.